The fraction of sp³-hybridized carbons (Fsp3) is 0.655. The minimum Gasteiger partial charge on any atom is -0.466 e. The molecule has 0 aromatic heterocycles. The summed E-state index contributed by atoms with van der Waals surface area (Å²) in [6.07, 6.45) is 4.97. The van der Waals surface area contributed by atoms with Gasteiger partial charge in [0, 0.05) is 13.1 Å². The SMILES string of the molecule is CCCCCCCCN(C(=O)C(CO)NC(=O)OC(C)(C)C)C(C(=O)NCCC(=O)OCC)c1ccccc1. The Morgan fingerprint density at radius 2 is 1.62 bits per heavy atom. The second-order valence-corrected chi connectivity index (χ2v) is 10.3. The molecule has 3 N–H and O–H groups in total. The second kappa shape index (κ2) is 18.2. The Kier molecular flexibility index (Phi) is 15.8. The molecule has 0 fully saturated rings. The third-order valence-corrected chi connectivity index (χ3v) is 5.82. The highest BCUT2D eigenvalue weighted by Gasteiger charge is 2.35. The molecule has 2 unspecified atom stereocenters. The van der Waals surface area contributed by atoms with E-state index in [0.29, 0.717) is 12.0 Å². The molecule has 2 atom stereocenters. The van der Waals surface area contributed by atoms with E-state index in [1.807, 2.05) is 0 Å². The van der Waals surface area contributed by atoms with Gasteiger partial charge in [-0.25, -0.2) is 4.79 Å². The lowest BCUT2D eigenvalue weighted by molar-refractivity contribution is -0.144. The maximum atomic E-state index is 13.8. The van der Waals surface area contributed by atoms with Gasteiger partial charge in [-0.2, -0.15) is 0 Å². The zero-order chi connectivity index (χ0) is 29.3. The van der Waals surface area contributed by atoms with Crippen LogP contribution in [0, 0.1) is 0 Å². The Morgan fingerprint density at radius 1 is 0.974 bits per heavy atom. The van der Waals surface area contributed by atoms with E-state index in [0.717, 1.165) is 32.1 Å². The number of carbonyl (C=O) groups excluding carboxylic acids is 4. The number of rotatable bonds is 17. The average molecular weight is 550 g/mol. The van der Waals surface area contributed by atoms with Gasteiger partial charge in [0.1, 0.15) is 17.7 Å². The quantitative estimate of drug-likeness (QED) is 0.198. The average Bonchev–Trinajstić information content (AvgIpc) is 2.87. The van der Waals surface area contributed by atoms with Crippen LogP contribution in [-0.4, -0.2) is 71.8 Å². The molecule has 0 saturated carbocycles. The number of nitrogens with one attached hydrogen (secondary N) is 2. The van der Waals surface area contributed by atoms with Crippen molar-refractivity contribution in [3.8, 4) is 0 Å². The Hall–Kier alpha value is -3.14. The number of nitrogens with zero attached hydrogens (tertiary/aromatic N) is 1. The van der Waals surface area contributed by atoms with E-state index in [1.165, 1.54) is 4.90 Å². The number of alkyl carbamates (subject to hydrolysis) is 1. The van der Waals surface area contributed by atoms with E-state index < -0.39 is 48.2 Å². The molecule has 39 heavy (non-hydrogen) atoms. The van der Waals surface area contributed by atoms with Gasteiger partial charge in [0.25, 0.3) is 0 Å². The van der Waals surface area contributed by atoms with Gasteiger partial charge in [-0.15, -0.1) is 0 Å². The van der Waals surface area contributed by atoms with E-state index in [4.69, 9.17) is 9.47 Å². The zero-order valence-corrected chi connectivity index (χ0v) is 24.2. The van der Waals surface area contributed by atoms with Gasteiger partial charge in [0.05, 0.1) is 19.6 Å². The topological polar surface area (TPSA) is 134 Å². The molecule has 0 radical (unpaired) electrons. The van der Waals surface area contributed by atoms with Crippen molar-refractivity contribution in [1.82, 2.24) is 15.5 Å². The van der Waals surface area contributed by atoms with E-state index in [9.17, 15) is 24.3 Å². The normalized spacial score (nSPS) is 12.7. The summed E-state index contributed by atoms with van der Waals surface area (Å²) in [6.45, 7) is 8.78. The number of hydrogen-bond acceptors (Lipinski definition) is 7. The van der Waals surface area contributed by atoms with Gasteiger partial charge in [-0.05, 0) is 39.7 Å². The van der Waals surface area contributed by atoms with Gasteiger partial charge in [-0.1, -0.05) is 69.4 Å². The Labute approximate surface area is 232 Å². The molecule has 1 aromatic rings. The van der Waals surface area contributed by atoms with Crippen LogP contribution in [0.1, 0.15) is 91.2 Å². The van der Waals surface area contributed by atoms with Crippen molar-refractivity contribution in [3.05, 3.63) is 35.9 Å². The third kappa shape index (κ3) is 13.5. The molecule has 1 aromatic carbocycles. The van der Waals surface area contributed by atoms with E-state index in [1.54, 1.807) is 58.0 Å². The minimum atomic E-state index is -1.31. The van der Waals surface area contributed by atoms with Crippen molar-refractivity contribution in [2.24, 2.45) is 0 Å². The number of ether oxygens (including phenoxy) is 2. The molecule has 0 heterocycles. The Balaban J connectivity index is 3.22. The molecular formula is C29H47N3O7. The van der Waals surface area contributed by atoms with Gasteiger partial charge in [-0.3, -0.25) is 14.4 Å². The van der Waals surface area contributed by atoms with Gasteiger partial charge in [0.2, 0.25) is 11.8 Å². The summed E-state index contributed by atoms with van der Waals surface area (Å²) in [7, 11) is 0. The number of aliphatic hydroxyl groups excluding tert-OH is 1. The number of hydrogen-bond donors (Lipinski definition) is 3. The lowest BCUT2D eigenvalue weighted by Crippen LogP contribution is -2.54. The molecule has 10 nitrogen and oxygen atoms in total. The van der Waals surface area contributed by atoms with E-state index in [-0.39, 0.29) is 26.1 Å². The predicted molar refractivity (Wildman–Crippen MR) is 149 cm³/mol. The largest absolute Gasteiger partial charge is 0.466 e. The van der Waals surface area contributed by atoms with Crippen molar-refractivity contribution in [2.75, 3.05) is 26.3 Å². The standard InChI is InChI=1S/C29H47N3O7/c1-6-8-9-10-11-15-20-32(27(36)23(21-33)31-28(37)39-29(3,4)5)25(22-16-13-12-14-17-22)26(35)30-19-18-24(34)38-7-2/h12-14,16-17,23,25,33H,6-11,15,18-21H2,1-5H3,(H,30,35)(H,31,37). The highest BCUT2D eigenvalue weighted by atomic mass is 16.6. The predicted octanol–water partition coefficient (Wildman–Crippen LogP) is 3.87. The minimum absolute atomic E-state index is 0.00801. The summed E-state index contributed by atoms with van der Waals surface area (Å²) in [5.74, 6) is -1.51. The van der Waals surface area contributed by atoms with Crippen LogP contribution in [0.2, 0.25) is 0 Å². The lowest BCUT2D eigenvalue weighted by atomic mass is 10.0. The van der Waals surface area contributed by atoms with Gasteiger partial charge >= 0.3 is 12.1 Å². The maximum Gasteiger partial charge on any atom is 0.408 e. The second-order valence-electron chi connectivity index (χ2n) is 10.3. The third-order valence-electron chi connectivity index (χ3n) is 5.82. The number of esters is 1. The molecule has 0 spiro atoms. The number of benzene rings is 1. The highest BCUT2D eigenvalue weighted by molar-refractivity contribution is 5.92. The van der Waals surface area contributed by atoms with Crippen LogP contribution in [0.25, 0.3) is 0 Å². The smallest absolute Gasteiger partial charge is 0.408 e. The van der Waals surface area contributed by atoms with E-state index in [2.05, 4.69) is 17.6 Å². The zero-order valence-electron chi connectivity index (χ0n) is 24.2. The molecule has 3 amide bonds. The van der Waals surface area contributed by atoms with Crippen molar-refractivity contribution < 1.29 is 33.8 Å². The first-order valence-corrected chi connectivity index (χ1v) is 13.9. The van der Waals surface area contributed by atoms with Gasteiger partial charge in [0.15, 0.2) is 0 Å². The fourth-order valence-corrected chi connectivity index (χ4v) is 3.99. The van der Waals surface area contributed by atoms with Gasteiger partial charge < -0.3 is 30.1 Å². The molecule has 0 aliphatic rings. The monoisotopic (exact) mass is 549 g/mol. The number of unbranched alkanes of at least 4 members (excludes halogenated alkanes) is 5. The number of carbonyl (C=O) groups is 4. The first-order chi connectivity index (χ1) is 18.5. The van der Waals surface area contributed by atoms with Crippen molar-refractivity contribution in [2.45, 2.75) is 97.2 Å². The van der Waals surface area contributed by atoms with Crippen LogP contribution >= 0.6 is 0 Å². The van der Waals surface area contributed by atoms with Crippen LogP contribution in [-0.2, 0) is 23.9 Å². The summed E-state index contributed by atoms with van der Waals surface area (Å²) in [5.41, 5.74) is -0.226. The Morgan fingerprint density at radius 3 is 2.21 bits per heavy atom. The van der Waals surface area contributed by atoms with E-state index >= 15 is 0 Å². The van der Waals surface area contributed by atoms with Crippen LogP contribution in [0.5, 0.6) is 0 Å². The summed E-state index contributed by atoms with van der Waals surface area (Å²) >= 11 is 0. The first-order valence-electron chi connectivity index (χ1n) is 13.9. The molecule has 10 heteroatoms. The molecule has 0 saturated heterocycles. The summed E-state index contributed by atoms with van der Waals surface area (Å²) in [6, 6.07) is 6.48. The van der Waals surface area contributed by atoms with Crippen molar-refractivity contribution in [3.63, 3.8) is 0 Å². The van der Waals surface area contributed by atoms with Crippen LogP contribution in [0.15, 0.2) is 30.3 Å². The van der Waals surface area contributed by atoms with Crippen molar-refractivity contribution in [1.29, 1.82) is 0 Å². The first kappa shape index (κ1) is 33.9. The van der Waals surface area contributed by atoms with Crippen LogP contribution in [0.3, 0.4) is 0 Å². The molecule has 0 aliphatic heterocycles. The molecule has 0 bridgehead atoms. The number of aliphatic hydroxyl groups is 1. The lowest BCUT2D eigenvalue weighted by Gasteiger charge is -2.34. The molecule has 0 aliphatic carbocycles. The van der Waals surface area contributed by atoms with Crippen LogP contribution in [0.4, 0.5) is 4.79 Å². The molecule has 220 valence electrons. The van der Waals surface area contributed by atoms with Crippen LogP contribution < -0.4 is 10.6 Å². The Bertz CT molecular complexity index is 887. The molecule has 1 rings (SSSR count). The fourth-order valence-electron chi connectivity index (χ4n) is 3.99. The highest BCUT2D eigenvalue weighted by Crippen LogP contribution is 2.24. The maximum absolute atomic E-state index is 13.8. The summed E-state index contributed by atoms with van der Waals surface area (Å²) in [4.78, 5) is 52.8. The molecular weight excluding hydrogens is 502 g/mol. The summed E-state index contributed by atoms with van der Waals surface area (Å²) in [5, 5.41) is 15.2. The number of amides is 3. The summed E-state index contributed by atoms with van der Waals surface area (Å²) < 4.78 is 10.2. The van der Waals surface area contributed by atoms with Crippen molar-refractivity contribution >= 4 is 23.9 Å².